The minimum atomic E-state index is 0.168. The van der Waals surface area contributed by atoms with E-state index >= 15 is 0 Å². The lowest BCUT2D eigenvalue weighted by Gasteiger charge is -2.38. The number of amides is 1. The third-order valence-corrected chi connectivity index (χ3v) is 5.41. The van der Waals surface area contributed by atoms with E-state index < -0.39 is 0 Å². The molecule has 4 atom stereocenters. The topological polar surface area (TPSA) is 46.3 Å². The SMILES string of the molecule is CC1CCN(C(=O)C2CC2c2cccc(Br)c2)C(CN)C1. The minimum absolute atomic E-state index is 0.168. The molecule has 0 radical (unpaired) electrons. The zero-order valence-corrected chi connectivity index (χ0v) is 14.1. The van der Waals surface area contributed by atoms with Crippen LogP contribution >= 0.6 is 15.9 Å². The summed E-state index contributed by atoms with van der Waals surface area (Å²) in [5, 5.41) is 0. The van der Waals surface area contributed by atoms with Crippen molar-refractivity contribution in [3.8, 4) is 0 Å². The highest BCUT2D eigenvalue weighted by Crippen LogP contribution is 2.49. The maximum atomic E-state index is 12.8. The van der Waals surface area contributed by atoms with E-state index in [9.17, 15) is 4.79 Å². The Morgan fingerprint density at radius 2 is 2.24 bits per heavy atom. The van der Waals surface area contributed by atoms with Crippen LogP contribution < -0.4 is 5.73 Å². The molecule has 4 unspecified atom stereocenters. The molecule has 1 aliphatic carbocycles. The van der Waals surface area contributed by atoms with Gasteiger partial charge in [0.2, 0.25) is 5.91 Å². The second kappa shape index (κ2) is 6.09. The number of hydrogen-bond donors (Lipinski definition) is 1. The van der Waals surface area contributed by atoms with Gasteiger partial charge in [0.05, 0.1) is 0 Å². The number of hydrogen-bond acceptors (Lipinski definition) is 2. The molecule has 1 aromatic carbocycles. The van der Waals surface area contributed by atoms with Crippen molar-refractivity contribution in [2.75, 3.05) is 13.1 Å². The Balaban J connectivity index is 1.67. The largest absolute Gasteiger partial charge is 0.338 e. The third-order valence-electron chi connectivity index (χ3n) is 4.92. The molecule has 2 fully saturated rings. The van der Waals surface area contributed by atoms with Gasteiger partial charge in [-0.1, -0.05) is 35.0 Å². The maximum absolute atomic E-state index is 12.8. The Bertz CT molecular complexity index is 533. The standard InChI is InChI=1S/C17H23BrN2O/c1-11-5-6-20(14(7-11)10-19)17(21)16-9-15(16)12-3-2-4-13(18)8-12/h2-4,8,11,14-16H,5-7,9-10,19H2,1H3. The number of nitrogens with two attached hydrogens (primary N) is 1. The molecule has 1 amide bonds. The van der Waals surface area contributed by atoms with Gasteiger partial charge in [-0.2, -0.15) is 0 Å². The van der Waals surface area contributed by atoms with E-state index in [2.05, 4.69) is 39.9 Å². The number of piperidine rings is 1. The van der Waals surface area contributed by atoms with Gasteiger partial charge in [0.15, 0.2) is 0 Å². The smallest absolute Gasteiger partial charge is 0.226 e. The normalized spacial score (nSPS) is 32.0. The summed E-state index contributed by atoms with van der Waals surface area (Å²) >= 11 is 3.51. The molecule has 1 heterocycles. The van der Waals surface area contributed by atoms with Gasteiger partial charge >= 0.3 is 0 Å². The Hall–Kier alpha value is -0.870. The van der Waals surface area contributed by atoms with Crippen molar-refractivity contribution >= 4 is 21.8 Å². The number of nitrogens with zero attached hydrogens (tertiary/aromatic N) is 1. The number of carbonyl (C=O) groups excluding carboxylic acids is 1. The Morgan fingerprint density at radius 3 is 2.95 bits per heavy atom. The molecule has 0 aromatic heterocycles. The van der Waals surface area contributed by atoms with Crippen LogP contribution in [0.4, 0.5) is 0 Å². The van der Waals surface area contributed by atoms with Gasteiger partial charge in [-0.25, -0.2) is 0 Å². The molecule has 4 heteroatoms. The quantitative estimate of drug-likeness (QED) is 0.909. The van der Waals surface area contributed by atoms with E-state index in [4.69, 9.17) is 5.73 Å². The molecule has 2 aliphatic rings. The first kappa shape index (κ1) is 15.0. The molecule has 21 heavy (non-hydrogen) atoms. The predicted molar refractivity (Wildman–Crippen MR) is 87.9 cm³/mol. The lowest BCUT2D eigenvalue weighted by molar-refractivity contribution is -0.136. The van der Waals surface area contributed by atoms with Crippen molar-refractivity contribution in [1.82, 2.24) is 4.90 Å². The van der Waals surface area contributed by atoms with Crippen LogP contribution in [-0.2, 0) is 4.79 Å². The lowest BCUT2D eigenvalue weighted by atomic mass is 9.92. The summed E-state index contributed by atoms with van der Waals surface area (Å²) in [6.45, 7) is 3.72. The first-order chi connectivity index (χ1) is 10.1. The summed E-state index contributed by atoms with van der Waals surface area (Å²) in [4.78, 5) is 14.8. The van der Waals surface area contributed by atoms with Crippen molar-refractivity contribution in [2.45, 2.75) is 38.1 Å². The van der Waals surface area contributed by atoms with E-state index in [0.717, 1.165) is 30.3 Å². The summed E-state index contributed by atoms with van der Waals surface area (Å²) < 4.78 is 1.09. The average Bonchev–Trinajstić information content (AvgIpc) is 3.27. The average molecular weight is 351 g/mol. The lowest BCUT2D eigenvalue weighted by Crippen LogP contribution is -2.49. The second-order valence-electron chi connectivity index (χ2n) is 6.55. The number of halogens is 1. The molecule has 0 spiro atoms. The first-order valence-corrected chi connectivity index (χ1v) is 8.65. The highest BCUT2D eigenvalue weighted by molar-refractivity contribution is 9.10. The van der Waals surface area contributed by atoms with Gasteiger partial charge in [0.25, 0.3) is 0 Å². The zero-order chi connectivity index (χ0) is 15.0. The van der Waals surface area contributed by atoms with Gasteiger partial charge in [-0.05, 0) is 48.8 Å². The van der Waals surface area contributed by atoms with Crippen LogP contribution in [0.3, 0.4) is 0 Å². The molecule has 2 N–H and O–H groups in total. The Labute approximate surface area is 135 Å². The summed E-state index contributed by atoms with van der Waals surface area (Å²) in [7, 11) is 0. The van der Waals surface area contributed by atoms with Crippen molar-refractivity contribution < 1.29 is 4.79 Å². The van der Waals surface area contributed by atoms with Crippen LogP contribution in [0, 0.1) is 11.8 Å². The third kappa shape index (κ3) is 3.16. The van der Waals surface area contributed by atoms with Crippen molar-refractivity contribution in [3.63, 3.8) is 0 Å². The van der Waals surface area contributed by atoms with Crippen molar-refractivity contribution in [2.24, 2.45) is 17.6 Å². The molecular formula is C17H23BrN2O. The Morgan fingerprint density at radius 1 is 1.43 bits per heavy atom. The Kier molecular flexibility index (Phi) is 4.36. The van der Waals surface area contributed by atoms with Gasteiger partial charge in [0, 0.05) is 29.5 Å². The van der Waals surface area contributed by atoms with E-state index in [-0.39, 0.29) is 12.0 Å². The number of benzene rings is 1. The number of rotatable bonds is 3. The fourth-order valence-corrected chi connectivity index (χ4v) is 3.97. The van der Waals surface area contributed by atoms with E-state index in [0.29, 0.717) is 24.3 Å². The fraction of sp³-hybridized carbons (Fsp3) is 0.588. The van der Waals surface area contributed by atoms with Gasteiger partial charge < -0.3 is 10.6 Å². The molecule has 114 valence electrons. The molecule has 1 aromatic rings. The summed E-state index contributed by atoms with van der Waals surface area (Å²) in [6.07, 6.45) is 3.14. The van der Waals surface area contributed by atoms with Crippen LogP contribution in [0.2, 0.25) is 0 Å². The van der Waals surface area contributed by atoms with Crippen LogP contribution in [0.15, 0.2) is 28.7 Å². The zero-order valence-electron chi connectivity index (χ0n) is 12.5. The fourth-order valence-electron chi connectivity index (χ4n) is 3.55. The van der Waals surface area contributed by atoms with E-state index in [1.807, 2.05) is 12.1 Å². The monoisotopic (exact) mass is 350 g/mol. The summed E-state index contributed by atoms with van der Waals surface area (Å²) in [5.41, 5.74) is 7.16. The molecule has 1 aliphatic heterocycles. The summed E-state index contributed by atoms with van der Waals surface area (Å²) in [5.74, 6) is 1.57. The first-order valence-electron chi connectivity index (χ1n) is 7.86. The van der Waals surface area contributed by atoms with Gasteiger partial charge in [-0.3, -0.25) is 4.79 Å². The molecule has 0 bridgehead atoms. The molecule has 3 nitrogen and oxygen atoms in total. The highest BCUT2D eigenvalue weighted by atomic mass is 79.9. The molecule has 3 rings (SSSR count). The van der Waals surface area contributed by atoms with Crippen LogP contribution in [0.1, 0.15) is 37.7 Å². The van der Waals surface area contributed by atoms with Crippen LogP contribution in [0.5, 0.6) is 0 Å². The number of carbonyl (C=O) groups is 1. The maximum Gasteiger partial charge on any atom is 0.226 e. The van der Waals surface area contributed by atoms with Crippen molar-refractivity contribution in [1.29, 1.82) is 0 Å². The van der Waals surface area contributed by atoms with Crippen molar-refractivity contribution in [3.05, 3.63) is 34.3 Å². The number of likely N-dealkylation sites (tertiary alicyclic amines) is 1. The highest BCUT2D eigenvalue weighted by Gasteiger charge is 2.47. The van der Waals surface area contributed by atoms with Crippen LogP contribution in [-0.4, -0.2) is 29.9 Å². The van der Waals surface area contributed by atoms with Gasteiger partial charge in [0.1, 0.15) is 0 Å². The molecule has 1 saturated heterocycles. The molecular weight excluding hydrogens is 328 g/mol. The van der Waals surface area contributed by atoms with Crippen LogP contribution in [0.25, 0.3) is 0 Å². The second-order valence-corrected chi connectivity index (χ2v) is 7.47. The van der Waals surface area contributed by atoms with E-state index in [1.165, 1.54) is 5.56 Å². The summed E-state index contributed by atoms with van der Waals surface area (Å²) in [6, 6.07) is 8.58. The van der Waals surface area contributed by atoms with Gasteiger partial charge in [-0.15, -0.1) is 0 Å². The predicted octanol–water partition coefficient (Wildman–Crippen LogP) is 3.14. The van der Waals surface area contributed by atoms with E-state index in [1.54, 1.807) is 0 Å². The minimum Gasteiger partial charge on any atom is -0.338 e. The molecule has 1 saturated carbocycles.